The zero-order chi connectivity index (χ0) is 14.8. The minimum Gasteiger partial charge on any atom is -0.348 e. The Bertz CT molecular complexity index is 678. The van der Waals surface area contributed by atoms with Gasteiger partial charge in [-0.2, -0.15) is 0 Å². The van der Waals surface area contributed by atoms with E-state index in [-0.39, 0.29) is 36.8 Å². The second kappa shape index (κ2) is 8.48. The van der Waals surface area contributed by atoms with Crippen LogP contribution in [0.5, 0.6) is 0 Å². The Kier molecular flexibility index (Phi) is 7.26. The molecule has 2 unspecified atom stereocenters. The molecule has 0 spiro atoms. The van der Waals surface area contributed by atoms with Crippen molar-refractivity contribution in [1.82, 2.24) is 15.6 Å². The number of carbonyl (C=O) groups is 1. The molecule has 4 nitrogen and oxygen atoms in total. The molecule has 1 fully saturated rings. The number of carbonyl (C=O) groups excluding carboxylic acids is 1. The molecule has 1 aromatic heterocycles. The summed E-state index contributed by atoms with van der Waals surface area (Å²) >= 11 is 0. The molecule has 0 saturated carbocycles. The molecule has 1 amide bonds. The van der Waals surface area contributed by atoms with E-state index in [1.807, 2.05) is 37.3 Å². The number of hydrogen-bond acceptors (Lipinski definition) is 3. The normalized spacial score (nSPS) is 20.3. The lowest BCUT2D eigenvalue weighted by molar-refractivity contribution is 0.0917. The molecule has 23 heavy (non-hydrogen) atoms. The van der Waals surface area contributed by atoms with Crippen LogP contribution in [0, 0.1) is 12.8 Å². The molecule has 3 rings (SSSR count). The van der Waals surface area contributed by atoms with Crippen LogP contribution in [0.2, 0.25) is 0 Å². The number of rotatable bonds is 2. The van der Waals surface area contributed by atoms with Crippen LogP contribution in [0.4, 0.5) is 0 Å². The molecule has 0 aliphatic carbocycles. The lowest BCUT2D eigenvalue weighted by Crippen LogP contribution is -2.50. The topological polar surface area (TPSA) is 54.0 Å². The largest absolute Gasteiger partial charge is 0.348 e. The maximum absolute atomic E-state index is 12.6. The van der Waals surface area contributed by atoms with Gasteiger partial charge in [0.25, 0.3) is 5.91 Å². The summed E-state index contributed by atoms with van der Waals surface area (Å²) in [7, 11) is 0. The summed E-state index contributed by atoms with van der Waals surface area (Å²) in [5, 5.41) is 7.50. The van der Waals surface area contributed by atoms with Gasteiger partial charge in [-0.3, -0.25) is 9.78 Å². The third-order valence-corrected chi connectivity index (χ3v) is 4.25. The number of amides is 1. The van der Waals surface area contributed by atoms with Gasteiger partial charge >= 0.3 is 0 Å². The van der Waals surface area contributed by atoms with E-state index < -0.39 is 0 Å². The van der Waals surface area contributed by atoms with Crippen LogP contribution >= 0.6 is 24.8 Å². The highest BCUT2D eigenvalue weighted by Crippen LogP contribution is 2.18. The van der Waals surface area contributed by atoms with Crippen LogP contribution < -0.4 is 10.6 Å². The molecule has 1 aliphatic heterocycles. The van der Waals surface area contributed by atoms with Crippen molar-refractivity contribution < 1.29 is 4.79 Å². The number of benzene rings is 1. The van der Waals surface area contributed by atoms with Gasteiger partial charge < -0.3 is 10.6 Å². The molecule has 0 bridgehead atoms. The number of nitrogens with one attached hydrogen (secondary N) is 2. The summed E-state index contributed by atoms with van der Waals surface area (Å²) in [6, 6.07) is 9.92. The fraction of sp³-hybridized carbons (Fsp3) is 0.412. The molecule has 1 aromatic carbocycles. The molecular formula is C17H23Cl2N3O. The summed E-state index contributed by atoms with van der Waals surface area (Å²) in [6.07, 6.45) is 1.10. The Labute approximate surface area is 149 Å². The fourth-order valence-corrected chi connectivity index (χ4v) is 2.86. The molecule has 1 saturated heterocycles. The van der Waals surface area contributed by atoms with Crippen molar-refractivity contribution in [2.75, 3.05) is 13.1 Å². The van der Waals surface area contributed by atoms with Crippen LogP contribution in [0.1, 0.15) is 29.4 Å². The van der Waals surface area contributed by atoms with Crippen LogP contribution in [0.25, 0.3) is 10.9 Å². The highest BCUT2D eigenvalue weighted by Gasteiger charge is 2.23. The lowest BCUT2D eigenvalue weighted by Gasteiger charge is -2.30. The fourth-order valence-electron chi connectivity index (χ4n) is 2.86. The number of halogens is 2. The van der Waals surface area contributed by atoms with Crippen molar-refractivity contribution >= 4 is 41.6 Å². The zero-order valence-corrected chi connectivity index (χ0v) is 15.0. The molecule has 2 N–H and O–H groups in total. The van der Waals surface area contributed by atoms with Gasteiger partial charge in [-0.25, -0.2) is 0 Å². The third-order valence-electron chi connectivity index (χ3n) is 4.25. The van der Waals surface area contributed by atoms with Crippen molar-refractivity contribution in [1.29, 1.82) is 0 Å². The van der Waals surface area contributed by atoms with E-state index in [1.165, 1.54) is 0 Å². The average molecular weight is 356 g/mol. The van der Waals surface area contributed by atoms with Gasteiger partial charge in [0.05, 0.1) is 11.1 Å². The molecule has 6 heteroatoms. The van der Waals surface area contributed by atoms with E-state index in [9.17, 15) is 4.79 Å². The number of hydrogen-bond donors (Lipinski definition) is 2. The second-order valence-corrected chi connectivity index (χ2v) is 5.88. The summed E-state index contributed by atoms with van der Waals surface area (Å²) in [4.78, 5) is 17.1. The van der Waals surface area contributed by atoms with Crippen molar-refractivity contribution in [3.8, 4) is 0 Å². The van der Waals surface area contributed by atoms with Crippen molar-refractivity contribution in [2.24, 2.45) is 5.92 Å². The monoisotopic (exact) mass is 355 g/mol. The van der Waals surface area contributed by atoms with Gasteiger partial charge in [0, 0.05) is 23.7 Å². The van der Waals surface area contributed by atoms with Gasteiger partial charge in [0.15, 0.2) is 0 Å². The maximum atomic E-state index is 12.6. The van der Waals surface area contributed by atoms with E-state index >= 15 is 0 Å². The van der Waals surface area contributed by atoms with Crippen LogP contribution in [0.15, 0.2) is 30.3 Å². The number of fused-ring (bicyclic) bond motifs is 1. The van der Waals surface area contributed by atoms with Gasteiger partial charge in [-0.1, -0.05) is 25.1 Å². The van der Waals surface area contributed by atoms with Gasteiger partial charge in [-0.15, -0.1) is 24.8 Å². The third kappa shape index (κ3) is 4.34. The minimum absolute atomic E-state index is 0. The molecule has 2 atom stereocenters. The molecular weight excluding hydrogens is 333 g/mol. The van der Waals surface area contributed by atoms with Crippen LogP contribution in [-0.2, 0) is 0 Å². The predicted molar refractivity (Wildman–Crippen MR) is 98.9 cm³/mol. The number of aryl methyl sites for hydroxylation is 1. The first-order chi connectivity index (χ1) is 10.1. The smallest absolute Gasteiger partial charge is 0.253 e. The van der Waals surface area contributed by atoms with E-state index in [4.69, 9.17) is 0 Å². The van der Waals surface area contributed by atoms with Crippen molar-refractivity contribution in [3.05, 3.63) is 41.6 Å². The summed E-state index contributed by atoms with van der Waals surface area (Å²) in [5.74, 6) is 0.471. The van der Waals surface area contributed by atoms with Crippen LogP contribution in [-0.4, -0.2) is 30.0 Å². The lowest BCUT2D eigenvalue weighted by atomic mass is 9.94. The van der Waals surface area contributed by atoms with Crippen molar-refractivity contribution in [3.63, 3.8) is 0 Å². The highest BCUT2D eigenvalue weighted by atomic mass is 35.5. The Morgan fingerprint density at radius 2 is 2.04 bits per heavy atom. The Morgan fingerprint density at radius 1 is 1.26 bits per heavy atom. The number of aromatic nitrogens is 1. The number of pyridine rings is 1. The van der Waals surface area contributed by atoms with E-state index in [0.717, 1.165) is 36.1 Å². The van der Waals surface area contributed by atoms with Gasteiger partial charge in [-0.05, 0) is 37.9 Å². The zero-order valence-electron chi connectivity index (χ0n) is 13.3. The SMILES string of the molecule is Cc1ccc2cccc(C(=O)NC3CNCCC3C)c2n1.Cl.Cl. The second-order valence-electron chi connectivity index (χ2n) is 5.88. The number of para-hydroxylation sites is 1. The molecule has 126 valence electrons. The number of nitrogens with zero attached hydrogens (tertiary/aromatic N) is 1. The Morgan fingerprint density at radius 3 is 2.78 bits per heavy atom. The first kappa shape index (κ1) is 19.7. The highest BCUT2D eigenvalue weighted by molar-refractivity contribution is 6.05. The van der Waals surface area contributed by atoms with E-state index in [0.29, 0.717) is 11.5 Å². The Hall–Kier alpha value is -1.36. The molecule has 2 aromatic rings. The average Bonchev–Trinajstić information content (AvgIpc) is 2.49. The van der Waals surface area contributed by atoms with Gasteiger partial charge in [0.2, 0.25) is 0 Å². The molecule has 1 aliphatic rings. The van der Waals surface area contributed by atoms with Crippen molar-refractivity contribution in [2.45, 2.75) is 26.3 Å². The summed E-state index contributed by atoms with van der Waals surface area (Å²) in [5.41, 5.74) is 2.37. The quantitative estimate of drug-likeness (QED) is 0.869. The van der Waals surface area contributed by atoms with E-state index in [2.05, 4.69) is 22.5 Å². The molecule has 2 heterocycles. The summed E-state index contributed by atoms with van der Waals surface area (Å²) in [6.45, 7) is 6.01. The standard InChI is InChI=1S/C17H21N3O.2ClH/c1-11-8-9-18-10-15(11)20-17(21)14-5-3-4-13-7-6-12(2)19-16(13)14;;/h3-7,11,15,18H,8-10H2,1-2H3,(H,20,21);2*1H. The summed E-state index contributed by atoms with van der Waals surface area (Å²) < 4.78 is 0. The first-order valence-corrected chi connectivity index (χ1v) is 7.53. The molecule has 0 radical (unpaired) electrons. The number of piperidine rings is 1. The van der Waals surface area contributed by atoms with Crippen LogP contribution in [0.3, 0.4) is 0 Å². The minimum atomic E-state index is -0.0285. The predicted octanol–water partition coefficient (Wildman–Crippen LogP) is 3.11. The van der Waals surface area contributed by atoms with Gasteiger partial charge in [0.1, 0.15) is 0 Å². The van der Waals surface area contributed by atoms with E-state index in [1.54, 1.807) is 0 Å². The Balaban J connectivity index is 0.00000132. The maximum Gasteiger partial charge on any atom is 0.253 e. The first-order valence-electron chi connectivity index (χ1n) is 7.53.